The van der Waals surface area contributed by atoms with E-state index < -0.39 is 0 Å². The second-order valence-corrected chi connectivity index (χ2v) is 6.61. The van der Waals surface area contributed by atoms with Gasteiger partial charge in [0.05, 0.1) is 12.8 Å². The van der Waals surface area contributed by atoms with Gasteiger partial charge in [0.1, 0.15) is 17.6 Å². The molecule has 0 atom stereocenters. The molecule has 25 heavy (non-hydrogen) atoms. The molecule has 2 aromatic rings. The number of aromatic nitrogens is 2. The number of carbonyl (C=O) groups is 1. The molecular formula is C20H21N3O2. The molecule has 0 radical (unpaired) electrons. The molecule has 1 aliphatic carbocycles. The maximum absolute atomic E-state index is 12.8. The van der Waals surface area contributed by atoms with Crippen molar-refractivity contribution >= 4 is 5.78 Å². The number of rotatable bonds is 6. The molecular weight excluding hydrogens is 314 g/mol. The normalized spacial score (nSPS) is 15.5. The lowest BCUT2D eigenvalue weighted by atomic mass is 9.77. The standard InChI is InChI=1S/C20H21N3O2/c1-25-17-6-4-5-15(12-17)11-16(24)13-20(8-2-3-9-20)18-7-10-22-19(14-21)23-18/h4-7,10,12H,2-3,8-9,11,13H2,1H3. The Labute approximate surface area is 147 Å². The smallest absolute Gasteiger partial charge is 0.232 e. The Morgan fingerprint density at radius 1 is 1.32 bits per heavy atom. The number of carbonyl (C=O) groups excluding carboxylic acids is 1. The van der Waals surface area contributed by atoms with Crippen LogP contribution in [0.15, 0.2) is 36.5 Å². The zero-order valence-electron chi connectivity index (χ0n) is 14.4. The van der Waals surface area contributed by atoms with E-state index >= 15 is 0 Å². The first kappa shape index (κ1) is 17.1. The largest absolute Gasteiger partial charge is 0.497 e. The fourth-order valence-corrected chi connectivity index (χ4v) is 3.73. The van der Waals surface area contributed by atoms with Crippen LogP contribution in [0.4, 0.5) is 0 Å². The summed E-state index contributed by atoms with van der Waals surface area (Å²) >= 11 is 0. The van der Waals surface area contributed by atoms with Crippen molar-refractivity contribution < 1.29 is 9.53 Å². The zero-order chi connectivity index (χ0) is 17.7. The molecule has 0 aliphatic heterocycles. The average molecular weight is 335 g/mol. The Balaban J connectivity index is 1.79. The fourth-order valence-electron chi connectivity index (χ4n) is 3.73. The predicted molar refractivity (Wildman–Crippen MR) is 93.2 cm³/mol. The van der Waals surface area contributed by atoms with E-state index in [1.54, 1.807) is 13.3 Å². The summed E-state index contributed by atoms with van der Waals surface area (Å²) in [6.07, 6.45) is 6.48. The van der Waals surface area contributed by atoms with Crippen LogP contribution in [0.3, 0.4) is 0 Å². The van der Waals surface area contributed by atoms with Crippen molar-refractivity contribution in [3.63, 3.8) is 0 Å². The van der Waals surface area contributed by atoms with Gasteiger partial charge in [-0.05, 0) is 36.6 Å². The Hall–Kier alpha value is -2.74. The van der Waals surface area contributed by atoms with Gasteiger partial charge in [-0.1, -0.05) is 25.0 Å². The molecule has 0 amide bonds. The summed E-state index contributed by atoms with van der Waals surface area (Å²) < 4.78 is 5.23. The van der Waals surface area contributed by atoms with Crippen LogP contribution >= 0.6 is 0 Å². The lowest BCUT2D eigenvalue weighted by molar-refractivity contribution is -0.119. The average Bonchev–Trinajstić information content (AvgIpc) is 3.11. The lowest BCUT2D eigenvalue weighted by Gasteiger charge is -2.27. The molecule has 1 heterocycles. The number of nitrogens with zero attached hydrogens (tertiary/aromatic N) is 3. The van der Waals surface area contributed by atoms with Crippen molar-refractivity contribution in [1.29, 1.82) is 5.26 Å². The monoisotopic (exact) mass is 335 g/mol. The van der Waals surface area contributed by atoms with E-state index in [9.17, 15) is 4.79 Å². The van der Waals surface area contributed by atoms with E-state index in [0.717, 1.165) is 42.7 Å². The zero-order valence-corrected chi connectivity index (χ0v) is 14.4. The van der Waals surface area contributed by atoms with Crippen molar-refractivity contribution in [2.24, 2.45) is 0 Å². The van der Waals surface area contributed by atoms with Crippen molar-refractivity contribution in [2.45, 2.75) is 43.9 Å². The predicted octanol–water partition coefficient (Wildman–Crippen LogP) is 3.37. The van der Waals surface area contributed by atoms with Crippen LogP contribution in [-0.4, -0.2) is 22.9 Å². The summed E-state index contributed by atoms with van der Waals surface area (Å²) in [6.45, 7) is 0. The van der Waals surface area contributed by atoms with Gasteiger partial charge < -0.3 is 4.74 Å². The quantitative estimate of drug-likeness (QED) is 0.809. The molecule has 5 nitrogen and oxygen atoms in total. The number of nitriles is 1. The number of ether oxygens (including phenoxy) is 1. The summed E-state index contributed by atoms with van der Waals surface area (Å²) in [5, 5.41) is 9.06. The first-order valence-corrected chi connectivity index (χ1v) is 8.53. The maximum atomic E-state index is 12.8. The lowest BCUT2D eigenvalue weighted by Crippen LogP contribution is -2.28. The van der Waals surface area contributed by atoms with Gasteiger partial charge in [-0.2, -0.15) is 5.26 Å². The van der Waals surface area contributed by atoms with E-state index in [1.807, 2.05) is 36.4 Å². The number of benzene rings is 1. The summed E-state index contributed by atoms with van der Waals surface area (Å²) in [6, 6.07) is 11.5. The molecule has 1 aromatic heterocycles. The molecule has 0 spiro atoms. The first-order valence-electron chi connectivity index (χ1n) is 8.53. The van der Waals surface area contributed by atoms with Crippen molar-refractivity contribution in [3.05, 3.63) is 53.6 Å². The Kier molecular flexibility index (Phi) is 5.08. The molecule has 1 aliphatic rings. The Morgan fingerprint density at radius 2 is 2.12 bits per heavy atom. The molecule has 128 valence electrons. The summed E-state index contributed by atoms with van der Waals surface area (Å²) in [4.78, 5) is 21.1. The molecule has 5 heteroatoms. The van der Waals surface area contributed by atoms with Gasteiger partial charge in [-0.3, -0.25) is 4.79 Å². The van der Waals surface area contributed by atoms with E-state index in [1.165, 1.54) is 0 Å². The van der Waals surface area contributed by atoms with E-state index in [4.69, 9.17) is 10.00 Å². The van der Waals surface area contributed by atoms with Gasteiger partial charge in [0.2, 0.25) is 5.82 Å². The number of ketones is 1. The summed E-state index contributed by atoms with van der Waals surface area (Å²) in [5.41, 5.74) is 1.53. The van der Waals surface area contributed by atoms with Gasteiger partial charge in [-0.15, -0.1) is 0 Å². The van der Waals surface area contributed by atoms with E-state index in [0.29, 0.717) is 12.8 Å². The van der Waals surface area contributed by atoms with Crippen LogP contribution in [-0.2, 0) is 16.6 Å². The third kappa shape index (κ3) is 3.85. The molecule has 3 rings (SSSR count). The van der Waals surface area contributed by atoms with Crippen LogP contribution in [0.25, 0.3) is 0 Å². The van der Waals surface area contributed by atoms with E-state index in [2.05, 4.69) is 9.97 Å². The van der Waals surface area contributed by atoms with Gasteiger partial charge in [-0.25, -0.2) is 9.97 Å². The molecule has 0 bridgehead atoms. The van der Waals surface area contributed by atoms with Crippen LogP contribution in [0.5, 0.6) is 5.75 Å². The van der Waals surface area contributed by atoms with Crippen molar-refractivity contribution in [1.82, 2.24) is 9.97 Å². The van der Waals surface area contributed by atoms with E-state index in [-0.39, 0.29) is 17.0 Å². The fraction of sp³-hybridized carbons (Fsp3) is 0.400. The topological polar surface area (TPSA) is 75.9 Å². The van der Waals surface area contributed by atoms with Crippen LogP contribution < -0.4 is 4.74 Å². The summed E-state index contributed by atoms with van der Waals surface area (Å²) in [7, 11) is 1.62. The van der Waals surface area contributed by atoms with Crippen LogP contribution in [0, 0.1) is 11.3 Å². The number of hydrogen-bond donors (Lipinski definition) is 0. The van der Waals surface area contributed by atoms with Gasteiger partial charge in [0, 0.05) is 24.5 Å². The number of methoxy groups -OCH3 is 1. The minimum Gasteiger partial charge on any atom is -0.497 e. The van der Waals surface area contributed by atoms with Gasteiger partial charge in [0.15, 0.2) is 0 Å². The minimum atomic E-state index is -0.259. The summed E-state index contributed by atoms with van der Waals surface area (Å²) in [5.74, 6) is 1.12. The van der Waals surface area contributed by atoms with Gasteiger partial charge in [0.25, 0.3) is 0 Å². The second-order valence-electron chi connectivity index (χ2n) is 6.61. The highest BCUT2D eigenvalue weighted by Crippen LogP contribution is 2.43. The number of hydrogen-bond acceptors (Lipinski definition) is 5. The SMILES string of the molecule is COc1cccc(CC(=O)CC2(c3ccnc(C#N)n3)CCCC2)c1. The Morgan fingerprint density at radius 3 is 2.84 bits per heavy atom. The van der Waals surface area contributed by atoms with Crippen molar-refractivity contribution in [3.8, 4) is 11.8 Å². The highest BCUT2D eigenvalue weighted by atomic mass is 16.5. The molecule has 1 fully saturated rings. The van der Waals surface area contributed by atoms with Crippen LogP contribution in [0.2, 0.25) is 0 Å². The highest BCUT2D eigenvalue weighted by molar-refractivity contribution is 5.82. The van der Waals surface area contributed by atoms with Crippen molar-refractivity contribution in [2.75, 3.05) is 7.11 Å². The molecule has 1 aromatic carbocycles. The molecule has 0 saturated heterocycles. The Bertz CT molecular complexity index is 805. The highest BCUT2D eigenvalue weighted by Gasteiger charge is 2.39. The first-order chi connectivity index (χ1) is 12.1. The third-order valence-electron chi connectivity index (χ3n) is 4.93. The molecule has 0 N–H and O–H groups in total. The molecule has 0 unspecified atom stereocenters. The molecule has 1 saturated carbocycles. The number of Topliss-reactive ketones (excluding diaryl/α,β-unsaturated/α-hetero) is 1. The minimum absolute atomic E-state index is 0.170. The third-order valence-corrected chi connectivity index (χ3v) is 4.93. The van der Waals surface area contributed by atoms with Gasteiger partial charge >= 0.3 is 0 Å². The second kappa shape index (κ2) is 7.43. The van der Waals surface area contributed by atoms with Crippen LogP contribution in [0.1, 0.15) is 49.2 Å². The maximum Gasteiger partial charge on any atom is 0.232 e.